The van der Waals surface area contributed by atoms with E-state index in [-0.39, 0.29) is 12.0 Å². The molecule has 3 rings (SSSR count). The van der Waals surface area contributed by atoms with E-state index in [0.717, 1.165) is 25.9 Å². The second kappa shape index (κ2) is 5.55. The van der Waals surface area contributed by atoms with Crippen molar-refractivity contribution in [2.75, 3.05) is 32.9 Å². The van der Waals surface area contributed by atoms with Crippen molar-refractivity contribution in [2.24, 2.45) is 0 Å². The third kappa shape index (κ3) is 2.39. The molecule has 0 aliphatic carbocycles. The van der Waals surface area contributed by atoms with Gasteiger partial charge in [0.1, 0.15) is 0 Å². The van der Waals surface area contributed by atoms with E-state index < -0.39 is 0 Å². The lowest BCUT2D eigenvalue weighted by Gasteiger charge is -2.33. The first-order valence-corrected chi connectivity index (χ1v) is 7.09. The summed E-state index contributed by atoms with van der Waals surface area (Å²) in [5, 5.41) is 3.52. The summed E-state index contributed by atoms with van der Waals surface area (Å²) in [6.45, 7) is 3.53. The molecule has 1 amide bonds. The number of hydrogen-bond acceptors (Lipinski definition) is 4. The van der Waals surface area contributed by atoms with Gasteiger partial charge in [-0.25, -0.2) is 0 Å². The Bertz CT molecular complexity index is 299. The third-order valence-electron chi connectivity index (χ3n) is 4.24. The van der Waals surface area contributed by atoms with Crippen LogP contribution in [0.2, 0.25) is 0 Å². The fourth-order valence-electron chi connectivity index (χ4n) is 3.34. The van der Waals surface area contributed by atoms with Crippen molar-refractivity contribution in [1.29, 1.82) is 0 Å². The molecule has 0 aromatic rings. The van der Waals surface area contributed by atoms with Crippen LogP contribution in [0.3, 0.4) is 0 Å². The monoisotopic (exact) mass is 254 g/mol. The first-order chi connectivity index (χ1) is 8.86. The lowest BCUT2D eigenvalue weighted by atomic mass is 10.0. The molecule has 0 aromatic heterocycles. The molecule has 102 valence electrons. The van der Waals surface area contributed by atoms with Gasteiger partial charge in [0.15, 0.2) is 6.10 Å². The zero-order valence-corrected chi connectivity index (χ0v) is 10.8. The lowest BCUT2D eigenvalue weighted by molar-refractivity contribution is -0.159. The summed E-state index contributed by atoms with van der Waals surface area (Å²) in [7, 11) is 0. The summed E-state index contributed by atoms with van der Waals surface area (Å²) >= 11 is 0. The predicted molar refractivity (Wildman–Crippen MR) is 66.3 cm³/mol. The van der Waals surface area contributed by atoms with Crippen molar-refractivity contribution < 1.29 is 14.3 Å². The highest BCUT2D eigenvalue weighted by Crippen LogP contribution is 2.26. The second-order valence-corrected chi connectivity index (χ2v) is 5.38. The normalized spacial score (nSPS) is 37.1. The van der Waals surface area contributed by atoms with Gasteiger partial charge in [0, 0.05) is 18.6 Å². The number of likely N-dealkylation sites (tertiary alicyclic amines) is 1. The summed E-state index contributed by atoms with van der Waals surface area (Å²) < 4.78 is 10.9. The van der Waals surface area contributed by atoms with Crippen LogP contribution in [0.4, 0.5) is 0 Å². The average molecular weight is 254 g/mol. The lowest BCUT2D eigenvalue weighted by Crippen LogP contribution is -2.52. The van der Waals surface area contributed by atoms with Gasteiger partial charge < -0.3 is 19.7 Å². The highest BCUT2D eigenvalue weighted by Gasteiger charge is 2.39. The number of rotatable bonds is 2. The topological polar surface area (TPSA) is 50.8 Å². The Labute approximate surface area is 108 Å². The molecule has 0 radical (unpaired) electrons. The van der Waals surface area contributed by atoms with E-state index in [1.54, 1.807) is 0 Å². The molecule has 0 aromatic carbocycles. The molecule has 3 fully saturated rings. The van der Waals surface area contributed by atoms with Crippen molar-refractivity contribution in [2.45, 2.75) is 43.9 Å². The molecule has 5 nitrogen and oxygen atoms in total. The van der Waals surface area contributed by atoms with E-state index in [0.29, 0.717) is 31.9 Å². The van der Waals surface area contributed by atoms with E-state index in [2.05, 4.69) is 5.32 Å². The predicted octanol–water partition coefficient (Wildman–Crippen LogP) is 0.145. The number of hydrogen-bond donors (Lipinski definition) is 1. The number of carbonyl (C=O) groups is 1. The molecule has 18 heavy (non-hydrogen) atoms. The largest absolute Gasteiger partial charge is 0.376 e. The minimum atomic E-state index is -0.374. The fraction of sp³-hybridized carbons (Fsp3) is 0.923. The molecule has 3 aliphatic heterocycles. The molecular formula is C13H22N2O3. The molecule has 1 N–H and O–H groups in total. The number of carbonyl (C=O) groups excluding carboxylic acids is 1. The van der Waals surface area contributed by atoms with Crippen LogP contribution in [-0.2, 0) is 14.3 Å². The van der Waals surface area contributed by atoms with Gasteiger partial charge in [-0.05, 0) is 32.2 Å². The minimum absolute atomic E-state index is 0.130. The third-order valence-corrected chi connectivity index (χ3v) is 4.24. The van der Waals surface area contributed by atoms with Gasteiger partial charge in [0.25, 0.3) is 5.91 Å². The van der Waals surface area contributed by atoms with Crippen molar-refractivity contribution in [3.8, 4) is 0 Å². The molecule has 5 heteroatoms. The Kier molecular flexibility index (Phi) is 3.82. The summed E-state index contributed by atoms with van der Waals surface area (Å²) in [5.41, 5.74) is 0. The zero-order chi connectivity index (χ0) is 12.4. The van der Waals surface area contributed by atoms with Crippen molar-refractivity contribution in [3.63, 3.8) is 0 Å². The molecular weight excluding hydrogens is 232 g/mol. The van der Waals surface area contributed by atoms with Gasteiger partial charge in [-0.15, -0.1) is 0 Å². The van der Waals surface area contributed by atoms with E-state index in [1.807, 2.05) is 4.90 Å². The highest BCUT2D eigenvalue weighted by atomic mass is 16.6. The zero-order valence-electron chi connectivity index (χ0n) is 10.8. The van der Waals surface area contributed by atoms with Gasteiger partial charge in [-0.2, -0.15) is 0 Å². The summed E-state index contributed by atoms with van der Waals surface area (Å²) in [6.07, 6.45) is 4.28. The Balaban J connectivity index is 1.63. The summed E-state index contributed by atoms with van der Waals surface area (Å²) in [6, 6.07) is 0.853. The van der Waals surface area contributed by atoms with E-state index >= 15 is 0 Å². The van der Waals surface area contributed by atoms with E-state index in [9.17, 15) is 4.79 Å². The van der Waals surface area contributed by atoms with Gasteiger partial charge in [-0.3, -0.25) is 4.79 Å². The Morgan fingerprint density at radius 2 is 2.17 bits per heavy atom. The van der Waals surface area contributed by atoms with Crippen LogP contribution in [0.25, 0.3) is 0 Å². The number of nitrogens with one attached hydrogen (secondary N) is 1. The maximum atomic E-state index is 12.5. The molecule has 3 unspecified atom stereocenters. The Morgan fingerprint density at radius 3 is 2.89 bits per heavy atom. The van der Waals surface area contributed by atoms with Crippen LogP contribution >= 0.6 is 0 Å². The van der Waals surface area contributed by atoms with Crippen LogP contribution in [-0.4, -0.2) is 61.9 Å². The summed E-state index contributed by atoms with van der Waals surface area (Å²) in [5.74, 6) is 0.130. The van der Waals surface area contributed by atoms with Gasteiger partial charge in [0.05, 0.1) is 19.8 Å². The molecule has 3 aliphatic rings. The van der Waals surface area contributed by atoms with Gasteiger partial charge >= 0.3 is 0 Å². The van der Waals surface area contributed by atoms with Crippen molar-refractivity contribution in [1.82, 2.24) is 10.2 Å². The first kappa shape index (κ1) is 12.4. The van der Waals surface area contributed by atoms with Crippen LogP contribution in [0, 0.1) is 0 Å². The van der Waals surface area contributed by atoms with Crippen molar-refractivity contribution in [3.05, 3.63) is 0 Å². The van der Waals surface area contributed by atoms with E-state index in [1.165, 1.54) is 12.8 Å². The van der Waals surface area contributed by atoms with Gasteiger partial charge in [0.2, 0.25) is 0 Å². The maximum Gasteiger partial charge on any atom is 0.254 e. The smallest absolute Gasteiger partial charge is 0.254 e. The molecule has 0 spiro atoms. The van der Waals surface area contributed by atoms with E-state index in [4.69, 9.17) is 9.47 Å². The Hall–Kier alpha value is -0.650. The number of amides is 1. The first-order valence-electron chi connectivity index (χ1n) is 7.09. The quantitative estimate of drug-likeness (QED) is 0.762. The van der Waals surface area contributed by atoms with Crippen molar-refractivity contribution >= 4 is 5.91 Å². The molecule has 3 heterocycles. The minimum Gasteiger partial charge on any atom is -0.376 e. The molecule has 3 saturated heterocycles. The van der Waals surface area contributed by atoms with Crippen LogP contribution < -0.4 is 5.32 Å². The van der Waals surface area contributed by atoms with Crippen LogP contribution in [0.15, 0.2) is 0 Å². The highest BCUT2D eigenvalue weighted by molar-refractivity contribution is 5.81. The van der Waals surface area contributed by atoms with Gasteiger partial charge in [-0.1, -0.05) is 0 Å². The average Bonchev–Trinajstić information content (AvgIpc) is 3.09. The molecule has 3 atom stereocenters. The Morgan fingerprint density at radius 1 is 1.22 bits per heavy atom. The number of ether oxygens (including phenoxy) is 2. The van der Waals surface area contributed by atoms with Crippen LogP contribution in [0.5, 0.6) is 0 Å². The molecule has 0 bridgehead atoms. The number of nitrogens with zero attached hydrogens (tertiary/aromatic N) is 1. The second-order valence-electron chi connectivity index (χ2n) is 5.38. The fourth-order valence-corrected chi connectivity index (χ4v) is 3.34. The molecule has 0 saturated carbocycles. The maximum absolute atomic E-state index is 12.5. The standard InChI is InChI=1S/C13H22N2O3/c16-13(12-9-17-7-8-18-12)15-6-2-4-11(15)10-3-1-5-14-10/h10-12,14H,1-9H2. The SMILES string of the molecule is O=C(C1COCCO1)N1CCCC1C1CCCN1. The summed E-state index contributed by atoms with van der Waals surface area (Å²) in [4.78, 5) is 14.5. The van der Waals surface area contributed by atoms with Crippen LogP contribution in [0.1, 0.15) is 25.7 Å².